The van der Waals surface area contributed by atoms with Crippen LogP contribution in [0.4, 0.5) is 0 Å². The van der Waals surface area contributed by atoms with E-state index in [-0.39, 0.29) is 29.3 Å². The Balaban J connectivity index is 0.954. The van der Waals surface area contributed by atoms with Gasteiger partial charge in [-0.3, -0.25) is 0 Å². The molecular weight excluding hydrogens is 612 g/mol. The van der Waals surface area contributed by atoms with Crippen LogP contribution in [0.25, 0.3) is 0 Å². The molecule has 0 radical (unpaired) electrons. The third kappa shape index (κ3) is 5.36. The smallest absolute Gasteiger partial charge is 0.373 e. The van der Waals surface area contributed by atoms with Crippen molar-refractivity contribution in [2.24, 2.45) is 64.1 Å². The van der Waals surface area contributed by atoms with E-state index in [9.17, 15) is 4.79 Å². The van der Waals surface area contributed by atoms with E-state index < -0.39 is 17.7 Å². The highest BCUT2D eigenvalue weighted by Gasteiger charge is 2.69. The van der Waals surface area contributed by atoms with Gasteiger partial charge in [-0.05, 0) is 136 Å². The van der Waals surface area contributed by atoms with Crippen LogP contribution in [0.15, 0.2) is 23.0 Å². The lowest BCUT2D eigenvalue weighted by atomic mass is 9.47. The lowest BCUT2D eigenvalue weighted by Gasteiger charge is -2.58. The number of allylic oxidation sites excluding steroid dienone is 1. The van der Waals surface area contributed by atoms with Crippen molar-refractivity contribution in [1.29, 1.82) is 0 Å². The van der Waals surface area contributed by atoms with Gasteiger partial charge in [0.2, 0.25) is 17.8 Å². The Morgan fingerprint density at radius 1 is 0.918 bits per heavy atom. The molecule has 5 aliphatic carbocycles. The van der Waals surface area contributed by atoms with Gasteiger partial charge in [0.25, 0.3) is 0 Å². The molecular formula is C43H66O6. The van der Waals surface area contributed by atoms with Crippen molar-refractivity contribution in [1.82, 2.24) is 0 Å². The third-order valence-electron chi connectivity index (χ3n) is 16.5. The number of carbonyl (C=O) groups excluding carboxylic acids is 1. The lowest BCUT2D eigenvalue weighted by molar-refractivity contribution is -0.556. The normalized spacial score (nSPS) is 49.2. The van der Waals surface area contributed by atoms with E-state index in [2.05, 4.69) is 47.6 Å². The first kappa shape index (κ1) is 34.7. The molecule has 0 amide bonds. The molecule has 7 fully saturated rings. The van der Waals surface area contributed by atoms with Crippen LogP contribution in [0, 0.1) is 64.1 Å². The van der Waals surface area contributed by atoms with E-state index in [0.29, 0.717) is 17.1 Å². The topological polar surface area (TPSA) is 63.2 Å². The number of esters is 1. The molecule has 49 heavy (non-hydrogen) atoms. The zero-order valence-corrected chi connectivity index (χ0v) is 32.0. The molecule has 0 aromatic rings. The second kappa shape index (κ2) is 12.4. The largest absolute Gasteiger partial charge is 0.456 e. The molecule has 274 valence electrons. The molecule has 0 aromatic carbocycles. The van der Waals surface area contributed by atoms with Gasteiger partial charge in [-0.25, -0.2) is 14.6 Å². The molecule has 0 N–H and O–H groups in total. The average Bonchev–Trinajstić information content (AvgIpc) is 3.26. The van der Waals surface area contributed by atoms with Crippen LogP contribution in [0.2, 0.25) is 0 Å². The summed E-state index contributed by atoms with van der Waals surface area (Å²) in [6.07, 6.45) is 19.5. The van der Waals surface area contributed by atoms with Crippen molar-refractivity contribution in [2.45, 2.75) is 175 Å². The van der Waals surface area contributed by atoms with Crippen LogP contribution in [0.5, 0.6) is 0 Å². The standard InChI is InChI=1S/C43H66O6/c1-25(2)10-9-11-26(3)32-16-17-35-31-14-13-29-24-30(18-21-40(29,6)36(31)19-22-41(32,35)7)45-38(44)37-28(5)34-15-12-27(4)33-20-23-42(8)47-39(46-37)43(33,34)49-48-42/h13,25-27,30-36,39H,9-12,14-24H2,1-8H3/t26-,27-,30+,31+,32?,33+,34+,35?,36?,39-,40+,41-,42?,43-/m1/s1. The van der Waals surface area contributed by atoms with Crippen LogP contribution in [-0.4, -0.2) is 29.8 Å². The van der Waals surface area contributed by atoms with Crippen LogP contribution >= 0.6 is 0 Å². The van der Waals surface area contributed by atoms with Crippen molar-refractivity contribution in [2.75, 3.05) is 0 Å². The van der Waals surface area contributed by atoms with Gasteiger partial charge in [-0.15, -0.1) is 0 Å². The van der Waals surface area contributed by atoms with Crippen LogP contribution in [0.1, 0.15) is 152 Å². The molecule has 9 rings (SSSR count). The molecule has 4 aliphatic heterocycles. The number of hydrogen-bond acceptors (Lipinski definition) is 6. The Morgan fingerprint density at radius 2 is 1.71 bits per heavy atom. The van der Waals surface area contributed by atoms with E-state index in [4.69, 9.17) is 24.0 Å². The van der Waals surface area contributed by atoms with E-state index in [1.807, 2.05) is 13.8 Å². The number of fused-ring (bicyclic) bond motifs is 7. The number of ether oxygens (including phenoxy) is 3. The van der Waals surface area contributed by atoms with Crippen molar-refractivity contribution < 1.29 is 28.8 Å². The predicted octanol–water partition coefficient (Wildman–Crippen LogP) is 10.5. The average molecular weight is 679 g/mol. The van der Waals surface area contributed by atoms with Gasteiger partial charge in [0.15, 0.2) is 5.60 Å². The maximum atomic E-state index is 14.0. The highest BCUT2D eigenvalue weighted by molar-refractivity contribution is 5.87. The first-order chi connectivity index (χ1) is 23.3. The maximum absolute atomic E-state index is 14.0. The van der Waals surface area contributed by atoms with Crippen LogP contribution in [0.3, 0.4) is 0 Å². The summed E-state index contributed by atoms with van der Waals surface area (Å²) in [6, 6.07) is 0. The van der Waals surface area contributed by atoms with Crippen LogP contribution < -0.4 is 0 Å². The van der Waals surface area contributed by atoms with E-state index in [1.54, 1.807) is 5.57 Å². The minimum absolute atomic E-state index is 0.0143. The molecule has 9 aliphatic rings. The second-order valence-electron chi connectivity index (χ2n) is 19.5. The Hall–Kier alpha value is -1.37. The highest BCUT2D eigenvalue weighted by Crippen LogP contribution is 2.68. The van der Waals surface area contributed by atoms with Crippen molar-refractivity contribution >= 4 is 5.97 Å². The summed E-state index contributed by atoms with van der Waals surface area (Å²) in [5, 5.41) is 0. The van der Waals surface area contributed by atoms with E-state index in [0.717, 1.165) is 86.0 Å². The van der Waals surface area contributed by atoms with Crippen molar-refractivity contribution in [3.8, 4) is 0 Å². The molecule has 6 heteroatoms. The molecule has 6 nitrogen and oxygen atoms in total. The van der Waals surface area contributed by atoms with Crippen molar-refractivity contribution in [3.63, 3.8) is 0 Å². The lowest BCUT2D eigenvalue weighted by Crippen LogP contribution is -2.67. The molecule has 2 bridgehead atoms. The Labute approximate surface area is 296 Å². The zero-order chi connectivity index (χ0) is 34.5. The van der Waals surface area contributed by atoms with Gasteiger partial charge in [-0.2, -0.15) is 0 Å². The second-order valence-corrected chi connectivity index (χ2v) is 19.5. The minimum atomic E-state index is -0.863. The first-order valence-electron chi connectivity index (χ1n) is 20.6. The maximum Gasteiger partial charge on any atom is 0.373 e. The summed E-state index contributed by atoms with van der Waals surface area (Å²) in [5.41, 5.74) is 2.51. The number of hydrogen-bond donors (Lipinski definition) is 0. The molecule has 4 unspecified atom stereocenters. The van der Waals surface area contributed by atoms with Crippen molar-refractivity contribution in [3.05, 3.63) is 23.0 Å². The monoisotopic (exact) mass is 678 g/mol. The summed E-state index contributed by atoms with van der Waals surface area (Å²) >= 11 is 0. The molecule has 3 saturated heterocycles. The summed E-state index contributed by atoms with van der Waals surface area (Å²) in [6.45, 7) is 18.8. The molecule has 1 spiro atoms. The quantitative estimate of drug-likeness (QED) is 0.152. The van der Waals surface area contributed by atoms with Crippen LogP contribution in [-0.2, 0) is 28.8 Å². The predicted molar refractivity (Wildman–Crippen MR) is 190 cm³/mol. The van der Waals surface area contributed by atoms with Gasteiger partial charge >= 0.3 is 5.97 Å². The number of carbonyl (C=O) groups is 1. The third-order valence-corrected chi connectivity index (χ3v) is 16.5. The molecule has 14 atom stereocenters. The number of rotatable bonds is 7. The Bertz CT molecular complexity index is 1370. The fourth-order valence-electron chi connectivity index (χ4n) is 13.8. The van der Waals surface area contributed by atoms with E-state index >= 15 is 0 Å². The summed E-state index contributed by atoms with van der Waals surface area (Å²) in [7, 11) is 0. The summed E-state index contributed by atoms with van der Waals surface area (Å²) in [4.78, 5) is 26.2. The first-order valence-corrected chi connectivity index (χ1v) is 20.6. The minimum Gasteiger partial charge on any atom is -0.456 e. The van der Waals surface area contributed by atoms with E-state index in [1.165, 1.54) is 51.4 Å². The highest BCUT2D eigenvalue weighted by atomic mass is 17.3. The summed E-state index contributed by atoms with van der Waals surface area (Å²) in [5.74, 6) is 4.88. The Kier molecular flexibility index (Phi) is 8.75. The van der Waals surface area contributed by atoms with Gasteiger partial charge in [0.05, 0.1) is 0 Å². The Morgan fingerprint density at radius 3 is 2.51 bits per heavy atom. The SMILES string of the molecule is CC1=C(C(=O)O[C@H]2CC[C@@]3(C)C(=CC[C@H]4C5CCC([C@H](C)CCCC(C)C)[C@@]5(C)CCC43)C2)O[C@@H]2OC3(C)CC[C@H]4[C@H](C)CC[C@@H]1[C@@]24OO3. The van der Waals surface area contributed by atoms with Gasteiger partial charge < -0.3 is 14.2 Å². The fourth-order valence-corrected chi connectivity index (χ4v) is 13.8. The summed E-state index contributed by atoms with van der Waals surface area (Å²) < 4.78 is 19.4. The van der Waals surface area contributed by atoms with Gasteiger partial charge in [0, 0.05) is 24.7 Å². The van der Waals surface area contributed by atoms with Gasteiger partial charge in [-0.1, -0.05) is 72.5 Å². The molecule has 4 heterocycles. The molecule has 0 aromatic heterocycles. The van der Waals surface area contributed by atoms with Gasteiger partial charge in [0.1, 0.15) is 6.10 Å². The zero-order valence-electron chi connectivity index (χ0n) is 32.0. The fraction of sp³-hybridized carbons (Fsp3) is 0.884. The molecule has 4 saturated carbocycles.